The Morgan fingerprint density at radius 3 is 2.48 bits per heavy atom. The molecule has 0 aliphatic carbocycles. The number of furan rings is 1. The van der Waals surface area contributed by atoms with Crippen molar-refractivity contribution in [1.82, 2.24) is 10.9 Å². The summed E-state index contributed by atoms with van der Waals surface area (Å²) in [5, 5.41) is 0.754. The fraction of sp³-hybridized carbons (Fsp3) is 0.125. The highest BCUT2D eigenvalue weighted by atomic mass is 19.1. The molecule has 0 spiro atoms. The fourth-order valence-electron chi connectivity index (χ4n) is 3.15. The first-order chi connectivity index (χ1) is 15.8. The Balaban J connectivity index is 1.35. The van der Waals surface area contributed by atoms with Gasteiger partial charge in [0, 0.05) is 23.1 Å². The van der Waals surface area contributed by atoms with Crippen LogP contribution in [0.15, 0.2) is 74.3 Å². The molecule has 2 aromatic carbocycles. The van der Waals surface area contributed by atoms with Gasteiger partial charge in [-0.2, -0.15) is 0 Å². The monoisotopic (exact) mass is 450 g/mol. The zero-order valence-corrected chi connectivity index (χ0v) is 17.7. The van der Waals surface area contributed by atoms with Crippen molar-refractivity contribution in [3.63, 3.8) is 0 Å². The molecule has 0 bridgehead atoms. The Morgan fingerprint density at radius 2 is 1.73 bits per heavy atom. The minimum Gasteiger partial charge on any atom is -0.481 e. The lowest BCUT2D eigenvalue weighted by atomic mass is 10.1. The SMILES string of the molecule is Cc1cc(=O)oc2cc(O[C@@H](C)C(=O)NNC(=O)c3ccc(-c4ccc(F)cc4)o3)ccc12. The maximum Gasteiger partial charge on any atom is 0.336 e. The van der Waals surface area contributed by atoms with Crippen LogP contribution in [0, 0.1) is 12.7 Å². The van der Waals surface area contributed by atoms with Crippen molar-refractivity contribution < 1.29 is 27.6 Å². The van der Waals surface area contributed by atoms with Gasteiger partial charge in [0.1, 0.15) is 22.9 Å². The molecular weight excluding hydrogens is 431 g/mol. The van der Waals surface area contributed by atoms with Gasteiger partial charge in [-0.15, -0.1) is 0 Å². The van der Waals surface area contributed by atoms with Crippen LogP contribution >= 0.6 is 0 Å². The van der Waals surface area contributed by atoms with E-state index in [2.05, 4.69) is 10.9 Å². The van der Waals surface area contributed by atoms with Crippen molar-refractivity contribution in [2.24, 2.45) is 0 Å². The molecule has 168 valence electrons. The molecule has 0 unspecified atom stereocenters. The van der Waals surface area contributed by atoms with E-state index in [0.29, 0.717) is 22.7 Å². The van der Waals surface area contributed by atoms with Gasteiger partial charge in [0.15, 0.2) is 11.9 Å². The molecule has 33 heavy (non-hydrogen) atoms. The number of benzene rings is 2. The van der Waals surface area contributed by atoms with Crippen LogP contribution < -0.4 is 21.2 Å². The second-order valence-corrected chi connectivity index (χ2v) is 7.28. The molecule has 2 aromatic heterocycles. The number of hydrazine groups is 1. The topological polar surface area (TPSA) is 111 Å². The Bertz CT molecular complexity index is 1390. The van der Waals surface area contributed by atoms with Crippen LogP contribution in [0.4, 0.5) is 4.39 Å². The Hall–Kier alpha value is -4.40. The molecule has 0 radical (unpaired) electrons. The summed E-state index contributed by atoms with van der Waals surface area (Å²) in [4.78, 5) is 36.2. The number of carbonyl (C=O) groups is 2. The fourth-order valence-corrected chi connectivity index (χ4v) is 3.15. The molecule has 0 aliphatic rings. The first-order valence-corrected chi connectivity index (χ1v) is 9.97. The van der Waals surface area contributed by atoms with Crippen LogP contribution in [-0.4, -0.2) is 17.9 Å². The van der Waals surface area contributed by atoms with E-state index in [4.69, 9.17) is 13.6 Å². The molecule has 9 heteroatoms. The first kappa shape index (κ1) is 21.8. The lowest BCUT2D eigenvalue weighted by Crippen LogP contribution is -2.47. The van der Waals surface area contributed by atoms with Gasteiger partial charge < -0.3 is 13.6 Å². The van der Waals surface area contributed by atoms with E-state index in [9.17, 15) is 18.8 Å². The molecule has 0 fully saturated rings. The molecule has 1 atom stereocenters. The van der Waals surface area contributed by atoms with Crippen molar-refractivity contribution in [2.45, 2.75) is 20.0 Å². The minimum atomic E-state index is -0.967. The number of hydrogen-bond donors (Lipinski definition) is 2. The molecule has 2 amide bonds. The summed E-state index contributed by atoms with van der Waals surface area (Å²) in [5.74, 6) is -1.01. The van der Waals surface area contributed by atoms with E-state index in [1.165, 1.54) is 49.4 Å². The number of rotatable bonds is 5. The van der Waals surface area contributed by atoms with Crippen LogP contribution in [0.25, 0.3) is 22.3 Å². The second kappa shape index (κ2) is 8.99. The van der Waals surface area contributed by atoms with E-state index in [1.807, 2.05) is 0 Å². The summed E-state index contributed by atoms with van der Waals surface area (Å²) >= 11 is 0. The maximum absolute atomic E-state index is 13.1. The van der Waals surface area contributed by atoms with E-state index in [-0.39, 0.29) is 11.6 Å². The van der Waals surface area contributed by atoms with Gasteiger partial charge in [0.25, 0.3) is 5.91 Å². The minimum absolute atomic E-state index is 0.0388. The average Bonchev–Trinajstić information content (AvgIpc) is 3.27. The second-order valence-electron chi connectivity index (χ2n) is 7.28. The predicted molar refractivity (Wildman–Crippen MR) is 117 cm³/mol. The molecule has 2 heterocycles. The third-order valence-corrected chi connectivity index (χ3v) is 4.86. The molecule has 0 saturated heterocycles. The lowest BCUT2D eigenvalue weighted by molar-refractivity contribution is -0.128. The van der Waals surface area contributed by atoms with Crippen LogP contribution in [0.3, 0.4) is 0 Å². The number of aryl methyl sites for hydroxylation is 1. The van der Waals surface area contributed by atoms with Gasteiger partial charge in [-0.05, 0) is 67.9 Å². The molecule has 8 nitrogen and oxygen atoms in total. The molecule has 4 rings (SSSR count). The Morgan fingerprint density at radius 1 is 0.970 bits per heavy atom. The summed E-state index contributed by atoms with van der Waals surface area (Å²) in [6.45, 7) is 3.29. The summed E-state index contributed by atoms with van der Waals surface area (Å²) in [6.07, 6.45) is -0.967. The van der Waals surface area contributed by atoms with Gasteiger partial charge in [0.05, 0.1) is 0 Å². The van der Waals surface area contributed by atoms with Crippen molar-refractivity contribution in [1.29, 1.82) is 0 Å². The third kappa shape index (κ3) is 4.93. The number of nitrogens with one attached hydrogen (secondary N) is 2. The normalized spacial score (nSPS) is 11.7. The number of halogens is 1. The van der Waals surface area contributed by atoms with E-state index in [1.54, 1.807) is 25.1 Å². The van der Waals surface area contributed by atoms with Gasteiger partial charge in [0.2, 0.25) is 0 Å². The summed E-state index contributed by atoms with van der Waals surface area (Å²) in [5.41, 5.74) is 5.74. The number of ether oxygens (including phenoxy) is 1. The van der Waals surface area contributed by atoms with Gasteiger partial charge >= 0.3 is 11.5 Å². The smallest absolute Gasteiger partial charge is 0.336 e. The third-order valence-electron chi connectivity index (χ3n) is 4.86. The molecule has 0 saturated carbocycles. The first-order valence-electron chi connectivity index (χ1n) is 9.97. The van der Waals surface area contributed by atoms with Crippen LogP contribution in [0.1, 0.15) is 23.0 Å². The maximum atomic E-state index is 13.1. The largest absolute Gasteiger partial charge is 0.481 e. The quantitative estimate of drug-likeness (QED) is 0.354. The van der Waals surface area contributed by atoms with Crippen LogP contribution in [0.5, 0.6) is 5.75 Å². The molecular formula is C24H19FN2O6. The van der Waals surface area contributed by atoms with E-state index >= 15 is 0 Å². The highest BCUT2D eigenvalue weighted by Crippen LogP contribution is 2.24. The summed E-state index contributed by atoms with van der Waals surface area (Å²) in [6, 6.07) is 14.9. The standard InChI is InChI=1S/C24H19FN2O6/c1-13-11-22(28)33-21-12-17(7-8-18(13)21)31-14(2)23(29)26-27-24(30)20-10-9-19(32-20)15-3-5-16(25)6-4-15/h3-12,14H,1-2H3,(H,26,29)(H,27,30)/t14-/m0/s1. The Labute approximate surface area is 186 Å². The zero-order valence-electron chi connectivity index (χ0n) is 17.7. The molecule has 0 aliphatic heterocycles. The number of hydrogen-bond acceptors (Lipinski definition) is 6. The lowest BCUT2D eigenvalue weighted by Gasteiger charge is -2.15. The molecule has 2 N–H and O–H groups in total. The van der Waals surface area contributed by atoms with E-state index < -0.39 is 23.5 Å². The van der Waals surface area contributed by atoms with Gasteiger partial charge in [-0.1, -0.05) is 0 Å². The van der Waals surface area contributed by atoms with Crippen molar-refractivity contribution in [3.8, 4) is 17.1 Å². The molecule has 4 aromatic rings. The summed E-state index contributed by atoms with van der Waals surface area (Å²) < 4.78 is 29.3. The number of carbonyl (C=O) groups excluding carboxylic acids is 2. The van der Waals surface area contributed by atoms with Crippen molar-refractivity contribution in [3.05, 3.63) is 88.2 Å². The average molecular weight is 450 g/mol. The highest BCUT2D eigenvalue weighted by Gasteiger charge is 2.18. The van der Waals surface area contributed by atoms with Crippen molar-refractivity contribution >= 4 is 22.8 Å². The van der Waals surface area contributed by atoms with Crippen LogP contribution in [-0.2, 0) is 4.79 Å². The Kier molecular flexibility index (Phi) is 5.95. The van der Waals surface area contributed by atoms with Crippen molar-refractivity contribution in [2.75, 3.05) is 0 Å². The van der Waals surface area contributed by atoms with Gasteiger partial charge in [-0.25, -0.2) is 9.18 Å². The number of fused-ring (bicyclic) bond motifs is 1. The zero-order chi connectivity index (χ0) is 23.5. The predicted octanol–water partition coefficient (Wildman–Crippen LogP) is 3.73. The summed E-state index contributed by atoms with van der Waals surface area (Å²) in [7, 11) is 0. The van der Waals surface area contributed by atoms with Gasteiger partial charge in [-0.3, -0.25) is 20.4 Å². The number of amides is 2. The highest BCUT2D eigenvalue weighted by molar-refractivity contribution is 5.94. The van der Waals surface area contributed by atoms with Crippen LogP contribution in [0.2, 0.25) is 0 Å². The van der Waals surface area contributed by atoms with E-state index in [0.717, 1.165) is 10.9 Å².